The van der Waals surface area contributed by atoms with Crippen LogP contribution in [0.25, 0.3) is 0 Å². The Morgan fingerprint density at radius 2 is 1.75 bits per heavy atom. The van der Waals surface area contributed by atoms with E-state index < -0.39 is 10.0 Å². The highest BCUT2D eigenvalue weighted by Gasteiger charge is 2.34. The second-order valence-electron chi connectivity index (χ2n) is 7.48. The van der Waals surface area contributed by atoms with Gasteiger partial charge in [-0.1, -0.05) is 48.5 Å². The number of hydrazone groups is 1. The average Bonchev–Trinajstić information content (AvgIpc) is 3.24. The maximum Gasteiger partial charge on any atom is 0.274 e. The quantitative estimate of drug-likeness (QED) is 0.615. The third-order valence-electron chi connectivity index (χ3n) is 5.15. The molecule has 0 saturated carbocycles. The molecule has 4 rings (SSSR count). The number of benzene rings is 3. The highest BCUT2D eigenvalue weighted by Crippen LogP contribution is 2.36. The summed E-state index contributed by atoms with van der Waals surface area (Å²) in [5.74, 6) is 0.448. The SMILES string of the molecule is COc1cccc(C2CC(c3ccccc3NS(C)(=O)=O)=NN2C(=O)c2ccccc2)c1. The first-order valence-corrected chi connectivity index (χ1v) is 11.9. The van der Waals surface area contributed by atoms with Gasteiger partial charge in [0.25, 0.3) is 5.91 Å². The average molecular weight is 450 g/mol. The van der Waals surface area contributed by atoms with Gasteiger partial charge in [-0.05, 0) is 35.9 Å². The van der Waals surface area contributed by atoms with Crippen molar-refractivity contribution in [2.45, 2.75) is 12.5 Å². The monoisotopic (exact) mass is 449 g/mol. The van der Waals surface area contributed by atoms with Crippen molar-refractivity contribution in [3.63, 3.8) is 0 Å². The van der Waals surface area contributed by atoms with Gasteiger partial charge in [0.1, 0.15) is 5.75 Å². The molecule has 0 spiro atoms. The fourth-order valence-electron chi connectivity index (χ4n) is 3.71. The molecule has 0 aliphatic carbocycles. The summed E-state index contributed by atoms with van der Waals surface area (Å²) >= 11 is 0. The summed E-state index contributed by atoms with van der Waals surface area (Å²) in [7, 11) is -1.89. The van der Waals surface area contributed by atoms with Crippen molar-refractivity contribution < 1.29 is 17.9 Å². The van der Waals surface area contributed by atoms with Crippen molar-refractivity contribution in [2.24, 2.45) is 5.10 Å². The number of sulfonamides is 1. The van der Waals surface area contributed by atoms with Gasteiger partial charge in [-0.2, -0.15) is 5.10 Å². The first-order valence-electron chi connectivity index (χ1n) is 10.0. The van der Waals surface area contributed by atoms with Crippen LogP contribution in [-0.2, 0) is 10.0 Å². The number of rotatable bonds is 6. The topological polar surface area (TPSA) is 88.1 Å². The molecule has 1 heterocycles. The molecule has 3 aromatic carbocycles. The molecule has 7 nitrogen and oxygen atoms in total. The van der Waals surface area contributed by atoms with Gasteiger partial charge in [-0.15, -0.1) is 0 Å². The van der Waals surface area contributed by atoms with E-state index in [1.165, 1.54) is 5.01 Å². The molecule has 1 amide bonds. The Morgan fingerprint density at radius 3 is 2.47 bits per heavy atom. The fraction of sp³-hybridized carbons (Fsp3) is 0.167. The van der Waals surface area contributed by atoms with Crippen LogP contribution >= 0.6 is 0 Å². The number of nitrogens with zero attached hydrogens (tertiary/aromatic N) is 2. The zero-order valence-corrected chi connectivity index (χ0v) is 18.5. The molecule has 1 unspecified atom stereocenters. The van der Waals surface area contributed by atoms with E-state index in [-0.39, 0.29) is 11.9 Å². The van der Waals surface area contributed by atoms with Crippen LogP contribution < -0.4 is 9.46 Å². The number of carbonyl (C=O) groups is 1. The van der Waals surface area contributed by atoms with Gasteiger partial charge in [-0.25, -0.2) is 13.4 Å². The van der Waals surface area contributed by atoms with Gasteiger partial charge in [0.15, 0.2) is 0 Å². The van der Waals surface area contributed by atoms with E-state index in [1.807, 2.05) is 36.4 Å². The summed E-state index contributed by atoms with van der Waals surface area (Å²) in [6.07, 6.45) is 1.53. The molecule has 0 fully saturated rings. The summed E-state index contributed by atoms with van der Waals surface area (Å²) in [5.41, 5.74) is 3.07. The molecule has 3 aromatic rings. The van der Waals surface area contributed by atoms with Gasteiger partial charge >= 0.3 is 0 Å². The van der Waals surface area contributed by atoms with Crippen molar-refractivity contribution >= 4 is 27.3 Å². The number of para-hydroxylation sites is 1. The molecular weight excluding hydrogens is 426 g/mol. The summed E-state index contributed by atoms with van der Waals surface area (Å²) < 4.78 is 31.6. The van der Waals surface area contributed by atoms with Crippen molar-refractivity contribution in [2.75, 3.05) is 18.1 Å². The molecule has 0 radical (unpaired) electrons. The molecule has 0 saturated heterocycles. The number of hydrogen-bond donors (Lipinski definition) is 1. The Morgan fingerprint density at radius 1 is 1.03 bits per heavy atom. The molecule has 8 heteroatoms. The lowest BCUT2D eigenvalue weighted by Crippen LogP contribution is -2.27. The zero-order valence-electron chi connectivity index (χ0n) is 17.7. The first-order chi connectivity index (χ1) is 15.4. The lowest BCUT2D eigenvalue weighted by Gasteiger charge is -2.22. The normalized spacial score (nSPS) is 15.9. The Labute approximate surface area is 187 Å². The summed E-state index contributed by atoms with van der Waals surface area (Å²) in [4.78, 5) is 13.4. The highest BCUT2D eigenvalue weighted by molar-refractivity contribution is 7.92. The van der Waals surface area contributed by atoms with E-state index in [0.29, 0.717) is 34.7 Å². The van der Waals surface area contributed by atoms with Gasteiger partial charge in [0.05, 0.1) is 30.8 Å². The van der Waals surface area contributed by atoms with E-state index in [9.17, 15) is 13.2 Å². The predicted octanol–water partition coefficient (Wildman–Crippen LogP) is 4.06. The number of anilines is 1. The molecular formula is C24H23N3O4S. The summed E-state index contributed by atoms with van der Waals surface area (Å²) in [6, 6.07) is 23.2. The third-order valence-corrected chi connectivity index (χ3v) is 5.74. The first kappa shape index (κ1) is 21.6. The molecule has 1 atom stereocenters. The second kappa shape index (κ2) is 8.84. The van der Waals surface area contributed by atoms with Gasteiger partial charge in [0, 0.05) is 17.5 Å². The van der Waals surface area contributed by atoms with Crippen LogP contribution in [0.1, 0.15) is 33.9 Å². The Kier molecular flexibility index (Phi) is 5.96. The van der Waals surface area contributed by atoms with E-state index in [1.54, 1.807) is 49.6 Å². The van der Waals surface area contributed by atoms with Crippen molar-refractivity contribution in [3.05, 3.63) is 95.6 Å². The standard InChI is InChI=1S/C24H23N3O4S/c1-31-19-12-8-11-18(15-19)23-16-22(20-13-6-7-14-21(20)26-32(2,29)30)25-27(23)24(28)17-9-4-3-5-10-17/h3-15,23,26H,16H2,1-2H3. The number of hydrogen-bond acceptors (Lipinski definition) is 5. The van der Waals surface area contributed by atoms with E-state index in [4.69, 9.17) is 4.74 Å². The van der Waals surface area contributed by atoms with Crippen LogP contribution in [0.15, 0.2) is 84.0 Å². The Hall–Kier alpha value is -3.65. The van der Waals surface area contributed by atoms with Crippen LogP contribution in [-0.4, -0.2) is 38.4 Å². The van der Waals surface area contributed by atoms with Gasteiger partial charge in [-0.3, -0.25) is 9.52 Å². The minimum atomic E-state index is -3.48. The van der Waals surface area contributed by atoms with Crippen LogP contribution in [0.3, 0.4) is 0 Å². The molecule has 1 N–H and O–H groups in total. The molecule has 164 valence electrons. The molecule has 32 heavy (non-hydrogen) atoms. The van der Waals surface area contributed by atoms with E-state index in [2.05, 4.69) is 9.82 Å². The number of nitrogens with one attached hydrogen (secondary N) is 1. The van der Waals surface area contributed by atoms with Crippen molar-refractivity contribution in [1.29, 1.82) is 0 Å². The minimum Gasteiger partial charge on any atom is -0.497 e. The predicted molar refractivity (Wildman–Crippen MR) is 124 cm³/mol. The van der Waals surface area contributed by atoms with Crippen LogP contribution in [0.4, 0.5) is 5.69 Å². The summed E-state index contributed by atoms with van der Waals surface area (Å²) in [6.45, 7) is 0. The Balaban J connectivity index is 1.78. The number of amides is 1. The van der Waals surface area contributed by atoms with Gasteiger partial charge < -0.3 is 4.74 Å². The van der Waals surface area contributed by atoms with Crippen LogP contribution in [0.5, 0.6) is 5.75 Å². The molecule has 1 aliphatic rings. The van der Waals surface area contributed by atoms with Crippen LogP contribution in [0.2, 0.25) is 0 Å². The highest BCUT2D eigenvalue weighted by atomic mass is 32.2. The Bertz CT molecular complexity index is 1270. The van der Waals surface area contributed by atoms with E-state index >= 15 is 0 Å². The van der Waals surface area contributed by atoms with E-state index in [0.717, 1.165) is 11.8 Å². The maximum absolute atomic E-state index is 13.4. The fourth-order valence-corrected chi connectivity index (χ4v) is 4.28. The minimum absolute atomic E-state index is 0.234. The smallest absolute Gasteiger partial charge is 0.274 e. The van der Waals surface area contributed by atoms with Gasteiger partial charge in [0.2, 0.25) is 10.0 Å². The third kappa shape index (κ3) is 4.65. The second-order valence-corrected chi connectivity index (χ2v) is 9.23. The van der Waals surface area contributed by atoms with Crippen molar-refractivity contribution in [1.82, 2.24) is 5.01 Å². The van der Waals surface area contributed by atoms with Crippen LogP contribution in [0, 0.1) is 0 Å². The zero-order chi connectivity index (χ0) is 22.7. The summed E-state index contributed by atoms with van der Waals surface area (Å²) in [5, 5.41) is 6.13. The number of ether oxygens (including phenoxy) is 1. The number of methoxy groups -OCH3 is 1. The maximum atomic E-state index is 13.4. The molecule has 1 aliphatic heterocycles. The molecule has 0 aromatic heterocycles. The largest absolute Gasteiger partial charge is 0.497 e. The number of carbonyl (C=O) groups excluding carboxylic acids is 1. The van der Waals surface area contributed by atoms with Crippen molar-refractivity contribution in [3.8, 4) is 5.75 Å². The molecule has 0 bridgehead atoms. The lowest BCUT2D eigenvalue weighted by atomic mass is 9.97. The lowest BCUT2D eigenvalue weighted by molar-refractivity contribution is 0.0711.